The highest BCUT2D eigenvalue weighted by Gasteiger charge is 2.04. The van der Waals surface area contributed by atoms with Gasteiger partial charge in [-0.05, 0) is 42.0 Å². The van der Waals surface area contributed by atoms with Crippen LogP contribution in [0, 0.1) is 17.1 Å². The summed E-state index contributed by atoms with van der Waals surface area (Å²) in [5.41, 5.74) is 3.08. The molecule has 0 unspecified atom stereocenters. The Morgan fingerprint density at radius 1 is 1.05 bits per heavy atom. The second kappa shape index (κ2) is 4.98. The first-order valence-corrected chi connectivity index (χ1v) is 6.07. The first-order chi connectivity index (χ1) is 9.76. The van der Waals surface area contributed by atoms with Crippen molar-refractivity contribution in [1.82, 2.24) is 9.78 Å². The van der Waals surface area contributed by atoms with Crippen LogP contribution in [0.3, 0.4) is 0 Å². The van der Waals surface area contributed by atoms with E-state index in [0.29, 0.717) is 5.56 Å². The van der Waals surface area contributed by atoms with Crippen molar-refractivity contribution in [3.05, 3.63) is 72.3 Å². The largest absolute Gasteiger partial charge is 0.240 e. The highest BCUT2D eigenvalue weighted by molar-refractivity contribution is 5.62. The van der Waals surface area contributed by atoms with Crippen LogP contribution in [-0.2, 0) is 0 Å². The van der Waals surface area contributed by atoms with Gasteiger partial charge in [0.05, 0.1) is 23.5 Å². The van der Waals surface area contributed by atoms with E-state index in [2.05, 4.69) is 11.2 Å². The fourth-order valence-corrected chi connectivity index (χ4v) is 1.97. The Bertz CT molecular complexity index is 782. The third-order valence-corrected chi connectivity index (χ3v) is 3.00. The van der Waals surface area contributed by atoms with Gasteiger partial charge in [-0.25, -0.2) is 9.07 Å². The highest BCUT2D eigenvalue weighted by atomic mass is 19.1. The third kappa shape index (κ3) is 2.29. The van der Waals surface area contributed by atoms with Crippen molar-refractivity contribution in [2.75, 3.05) is 0 Å². The third-order valence-electron chi connectivity index (χ3n) is 3.00. The number of hydrogen-bond donors (Lipinski definition) is 0. The lowest BCUT2D eigenvalue weighted by Gasteiger charge is -2.00. The van der Waals surface area contributed by atoms with Crippen molar-refractivity contribution in [2.45, 2.75) is 0 Å². The number of halogens is 1. The molecule has 0 amide bonds. The van der Waals surface area contributed by atoms with Gasteiger partial charge in [-0.1, -0.05) is 12.1 Å². The number of nitriles is 1. The van der Waals surface area contributed by atoms with Crippen LogP contribution in [0.15, 0.2) is 60.9 Å². The molecule has 0 aliphatic carbocycles. The summed E-state index contributed by atoms with van der Waals surface area (Å²) in [6.45, 7) is 0. The summed E-state index contributed by atoms with van der Waals surface area (Å²) < 4.78 is 14.9. The summed E-state index contributed by atoms with van der Waals surface area (Å²) in [6.07, 6.45) is 3.52. The molecular formula is C16H10FN3. The Balaban J connectivity index is 1.95. The van der Waals surface area contributed by atoms with Crippen molar-refractivity contribution < 1.29 is 4.39 Å². The van der Waals surface area contributed by atoms with Gasteiger partial charge in [0.2, 0.25) is 0 Å². The number of aromatic nitrogens is 2. The minimum atomic E-state index is -0.270. The molecule has 0 N–H and O–H groups in total. The highest BCUT2D eigenvalue weighted by Crippen LogP contribution is 2.20. The molecule has 0 atom stereocenters. The zero-order chi connectivity index (χ0) is 13.9. The molecule has 1 aromatic heterocycles. The van der Waals surface area contributed by atoms with Gasteiger partial charge in [0, 0.05) is 11.8 Å². The van der Waals surface area contributed by atoms with Crippen molar-refractivity contribution >= 4 is 0 Å². The topological polar surface area (TPSA) is 41.6 Å². The van der Waals surface area contributed by atoms with Crippen LogP contribution >= 0.6 is 0 Å². The maximum absolute atomic E-state index is 13.2. The van der Waals surface area contributed by atoms with Gasteiger partial charge < -0.3 is 0 Å². The summed E-state index contributed by atoms with van der Waals surface area (Å²) in [7, 11) is 0. The molecule has 3 nitrogen and oxygen atoms in total. The van der Waals surface area contributed by atoms with Crippen molar-refractivity contribution in [2.24, 2.45) is 0 Å². The maximum atomic E-state index is 13.2. The van der Waals surface area contributed by atoms with E-state index in [1.54, 1.807) is 29.1 Å². The predicted molar refractivity (Wildman–Crippen MR) is 73.7 cm³/mol. The van der Waals surface area contributed by atoms with E-state index >= 15 is 0 Å². The Labute approximate surface area is 115 Å². The quantitative estimate of drug-likeness (QED) is 0.709. The fraction of sp³-hybridized carbons (Fsp3) is 0. The number of nitrogens with zero attached hydrogens (tertiary/aromatic N) is 3. The SMILES string of the molecule is N#Cc1ccc(-n2cc(-c3cccc(F)c3)cn2)cc1. The van der Waals surface area contributed by atoms with Crippen LogP contribution in [0.4, 0.5) is 4.39 Å². The number of rotatable bonds is 2. The molecule has 4 heteroatoms. The lowest BCUT2D eigenvalue weighted by Crippen LogP contribution is -1.93. The van der Waals surface area contributed by atoms with Crippen molar-refractivity contribution in [3.63, 3.8) is 0 Å². The maximum Gasteiger partial charge on any atom is 0.123 e. The molecule has 3 rings (SSSR count). The van der Waals surface area contributed by atoms with E-state index in [9.17, 15) is 4.39 Å². The zero-order valence-corrected chi connectivity index (χ0v) is 10.5. The second-order valence-electron chi connectivity index (χ2n) is 4.34. The normalized spacial score (nSPS) is 10.2. The molecule has 0 fully saturated rings. The average molecular weight is 263 g/mol. The zero-order valence-electron chi connectivity index (χ0n) is 10.5. The van der Waals surface area contributed by atoms with Gasteiger partial charge in [-0.2, -0.15) is 10.4 Å². The average Bonchev–Trinajstić information content (AvgIpc) is 2.97. The molecule has 0 saturated heterocycles. The van der Waals surface area contributed by atoms with Crippen molar-refractivity contribution in [1.29, 1.82) is 5.26 Å². The van der Waals surface area contributed by atoms with E-state index in [0.717, 1.165) is 16.8 Å². The van der Waals surface area contributed by atoms with Crippen LogP contribution in [-0.4, -0.2) is 9.78 Å². The monoisotopic (exact) mass is 263 g/mol. The molecule has 0 saturated carbocycles. The first kappa shape index (κ1) is 12.1. The van der Waals surface area contributed by atoms with E-state index in [-0.39, 0.29) is 5.82 Å². The molecule has 0 aliphatic heterocycles. The van der Waals surface area contributed by atoms with E-state index in [1.807, 2.05) is 24.4 Å². The molecule has 2 aromatic carbocycles. The summed E-state index contributed by atoms with van der Waals surface area (Å²) in [4.78, 5) is 0. The predicted octanol–water partition coefficient (Wildman–Crippen LogP) is 3.55. The molecule has 96 valence electrons. The Morgan fingerprint density at radius 3 is 2.55 bits per heavy atom. The second-order valence-corrected chi connectivity index (χ2v) is 4.34. The molecule has 1 heterocycles. The summed E-state index contributed by atoms with van der Waals surface area (Å²) in [5, 5.41) is 13.0. The Morgan fingerprint density at radius 2 is 1.85 bits per heavy atom. The smallest absolute Gasteiger partial charge is 0.123 e. The van der Waals surface area contributed by atoms with E-state index < -0.39 is 0 Å². The van der Waals surface area contributed by atoms with Gasteiger partial charge in [0.1, 0.15) is 5.82 Å². The van der Waals surface area contributed by atoms with E-state index in [1.165, 1.54) is 12.1 Å². The summed E-state index contributed by atoms with van der Waals surface area (Å²) in [5.74, 6) is -0.270. The number of benzene rings is 2. The molecule has 20 heavy (non-hydrogen) atoms. The minimum absolute atomic E-state index is 0.270. The molecule has 0 bridgehead atoms. The lowest BCUT2D eigenvalue weighted by molar-refractivity contribution is 0.628. The molecule has 3 aromatic rings. The van der Waals surface area contributed by atoms with Gasteiger partial charge in [-0.15, -0.1) is 0 Å². The number of hydrogen-bond acceptors (Lipinski definition) is 2. The first-order valence-electron chi connectivity index (χ1n) is 6.07. The van der Waals surface area contributed by atoms with Crippen molar-refractivity contribution in [3.8, 4) is 22.9 Å². The van der Waals surface area contributed by atoms with Crippen LogP contribution in [0.25, 0.3) is 16.8 Å². The summed E-state index contributed by atoms with van der Waals surface area (Å²) in [6, 6.07) is 15.6. The fourth-order valence-electron chi connectivity index (χ4n) is 1.97. The molecule has 0 spiro atoms. The summed E-state index contributed by atoms with van der Waals surface area (Å²) >= 11 is 0. The van der Waals surface area contributed by atoms with Gasteiger partial charge >= 0.3 is 0 Å². The molecular weight excluding hydrogens is 253 g/mol. The van der Waals surface area contributed by atoms with E-state index in [4.69, 9.17) is 5.26 Å². The lowest BCUT2D eigenvalue weighted by atomic mass is 10.1. The van der Waals surface area contributed by atoms with Crippen LogP contribution in [0.1, 0.15) is 5.56 Å². The van der Waals surface area contributed by atoms with Gasteiger partial charge in [-0.3, -0.25) is 0 Å². The minimum Gasteiger partial charge on any atom is -0.240 e. The standard InChI is InChI=1S/C16H10FN3/c17-15-3-1-2-13(8-15)14-10-19-20(11-14)16-6-4-12(9-18)5-7-16/h1-8,10-11H. The van der Waals surface area contributed by atoms with Gasteiger partial charge in [0.15, 0.2) is 0 Å². The Kier molecular flexibility index (Phi) is 3.02. The van der Waals surface area contributed by atoms with Crippen LogP contribution in [0.2, 0.25) is 0 Å². The van der Waals surface area contributed by atoms with Crippen LogP contribution < -0.4 is 0 Å². The molecule has 0 radical (unpaired) electrons. The van der Waals surface area contributed by atoms with Gasteiger partial charge in [0.25, 0.3) is 0 Å². The molecule has 0 aliphatic rings. The van der Waals surface area contributed by atoms with Crippen LogP contribution in [0.5, 0.6) is 0 Å². The Hall–Kier alpha value is -2.93.